The first-order valence-corrected chi connectivity index (χ1v) is 11.5. The van der Waals surface area contributed by atoms with Crippen LogP contribution in [0, 0.1) is 13.8 Å². The molecular weight excluding hydrogens is 466 g/mol. The maximum absolute atomic E-state index is 13.1. The number of methoxy groups -OCH3 is 2. The minimum atomic E-state index is -1.65. The maximum atomic E-state index is 13.1. The van der Waals surface area contributed by atoms with Gasteiger partial charge in [-0.05, 0) is 43.3 Å². The van der Waals surface area contributed by atoms with Crippen LogP contribution in [0.2, 0.25) is 0 Å². The highest BCUT2D eigenvalue weighted by atomic mass is 32.2. The molecule has 1 unspecified atom stereocenters. The molecule has 0 saturated carbocycles. The number of para-hydroxylation sites is 1. The average molecular weight is 488 g/mol. The fraction of sp³-hybridized carbons (Fsp3) is 0.286. The molecule has 0 aliphatic carbocycles. The number of anilines is 1. The van der Waals surface area contributed by atoms with E-state index in [1.54, 1.807) is 12.1 Å². The molecule has 3 aromatic rings. The third-order valence-corrected chi connectivity index (χ3v) is 7.48. The minimum Gasteiger partial charge on any atom is -0.469 e. The first-order chi connectivity index (χ1) is 15.8. The van der Waals surface area contributed by atoms with Crippen molar-refractivity contribution in [2.45, 2.75) is 25.1 Å². The van der Waals surface area contributed by atoms with Crippen LogP contribution in [0.1, 0.15) is 16.9 Å². The van der Waals surface area contributed by atoms with Crippen molar-refractivity contribution >= 4 is 62.1 Å². The quantitative estimate of drug-likeness (QED) is 0.522. The van der Waals surface area contributed by atoms with Crippen molar-refractivity contribution in [3.63, 3.8) is 0 Å². The molecule has 1 aliphatic rings. The lowest BCUT2D eigenvalue weighted by Gasteiger charge is -2.32. The van der Waals surface area contributed by atoms with Crippen molar-refractivity contribution in [2.75, 3.05) is 19.2 Å². The van der Waals surface area contributed by atoms with Gasteiger partial charge in [0.2, 0.25) is 10.8 Å². The van der Waals surface area contributed by atoms with Crippen LogP contribution in [0.25, 0.3) is 10.2 Å². The number of hydrazine groups is 1. The van der Waals surface area contributed by atoms with Gasteiger partial charge in [-0.1, -0.05) is 18.2 Å². The van der Waals surface area contributed by atoms with E-state index in [9.17, 15) is 14.4 Å². The molecule has 172 valence electrons. The molecule has 1 aromatic carbocycles. The van der Waals surface area contributed by atoms with Gasteiger partial charge in [-0.2, -0.15) is 0 Å². The standard InChI is InChI=1S/C21H21N5O5S2/c1-11-12(2)32-17-15(11)16(28)23-19(24-17)26-21(18(29)31-4,10-14(27)30-3)33-20(25-26)22-13-8-6-5-7-9-13/h5-9H,10H2,1-4H3,(H,22,25)(H,23,24,28). The number of H-pyrrole nitrogens is 1. The van der Waals surface area contributed by atoms with Crippen LogP contribution >= 0.6 is 23.1 Å². The van der Waals surface area contributed by atoms with Crippen LogP contribution in [-0.2, 0) is 19.1 Å². The second kappa shape index (κ2) is 8.87. The SMILES string of the molecule is COC(=O)CC1(C(=O)OC)SC(=Nc2ccccc2)NN1c1nc2sc(C)c(C)c2c(=O)[nH]1. The molecule has 3 heterocycles. The Hall–Kier alpha value is -3.38. The first-order valence-electron chi connectivity index (χ1n) is 9.84. The topological polar surface area (TPSA) is 126 Å². The fourth-order valence-corrected chi connectivity index (χ4v) is 5.62. The predicted molar refractivity (Wildman–Crippen MR) is 128 cm³/mol. The Morgan fingerprint density at radius 2 is 1.91 bits per heavy atom. The van der Waals surface area contributed by atoms with Crippen LogP contribution in [-0.4, -0.2) is 46.2 Å². The predicted octanol–water partition coefficient (Wildman–Crippen LogP) is 2.78. The van der Waals surface area contributed by atoms with E-state index in [0.29, 0.717) is 21.1 Å². The zero-order chi connectivity index (χ0) is 23.8. The lowest BCUT2D eigenvalue weighted by atomic mass is 10.2. The largest absolute Gasteiger partial charge is 0.469 e. The lowest BCUT2D eigenvalue weighted by Crippen LogP contribution is -2.55. The van der Waals surface area contributed by atoms with Crippen LogP contribution in [0.5, 0.6) is 0 Å². The summed E-state index contributed by atoms with van der Waals surface area (Å²) in [4.78, 5) is 50.0. The number of esters is 2. The number of nitrogens with one attached hydrogen (secondary N) is 2. The number of nitrogens with zero attached hydrogens (tertiary/aromatic N) is 3. The van der Waals surface area contributed by atoms with Crippen molar-refractivity contribution in [3.05, 3.63) is 51.1 Å². The fourth-order valence-electron chi connectivity index (χ4n) is 3.40. The van der Waals surface area contributed by atoms with Crippen molar-refractivity contribution < 1.29 is 19.1 Å². The molecule has 4 rings (SSSR count). The van der Waals surface area contributed by atoms with Gasteiger partial charge >= 0.3 is 11.9 Å². The smallest absolute Gasteiger partial charge is 0.345 e. The number of aromatic nitrogens is 2. The van der Waals surface area contributed by atoms with Gasteiger partial charge in [0, 0.05) is 4.88 Å². The number of thiophene rings is 1. The Morgan fingerprint density at radius 3 is 2.58 bits per heavy atom. The monoisotopic (exact) mass is 487 g/mol. The number of hydrogen-bond acceptors (Lipinski definition) is 10. The van der Waals surface area contributed by atoms with Crippen molar-refractivity contribution in [1.82, 2.24) is 15.4 Å². The van der Waals surface area contributed by atoms with E-state index in [-0.39, 0.29) is 17.9 Å². The van der Waals surface area contributed by atoms with E-state index >= 15 is 0 Å². The number of benzene rings is 1. The third kappa shape index (κ3) is 4.07. The van der Waals surface area contributed by atoms with Crippen molar-refractivity contribution in [2.24, 2.45) is 4.99 Å². The Labute approximate surface area is 197 Å². The average Bonchev–Trinajstić information content (AvgIpc) is 3.31. The van der Waals surface area contributed by atoms with E-state index in [1.165, 1.54) is 30.6 Å². The Kier molecular flexibility index (Phi) is 6.13. The summed E-state index contributed by atoms with van der Waals surface area (Å²) in [7, 11) is 2.45. The lowest BCUT2D eigenvalue weighted by molar-refractivity contribution is -0.150. The van der Waals surface area contributed by atoms with Gasteiger partial charge in [0.15, 0.2) is 5.17 Å². The Balaban J connectivity index is 1.89. The van der Waals surface area contributed by atoms with Gasteiger partial charge in [0.1, 0.15) is 4.83 Å². The summed E-state index contributed by atoms with van der Waals surface area (Å²) in [6, 6.07) is 9.10. The number of thioether (sulfide) groups is 1. The number of hydrogen-bond donors (Lipinski definition) is 2. The number of carbonyl (C=O) groups is 2. The van der Waals surface area contributed by atoms with Crippen LogP contribution in [0.15, 0.2) is 40.1 Å². The summed E-state index contributed by atoms with van der Waals surface area (Å²) in [5.74, 6) is -1.33. The second-order valence-electron chi connectivity index (χ2n) is 7.18. The van der Waals surface area contributed by atoms with Gasteiger partial charge in [-0.15, -0.1) is 11.3 Å². The molecule has 1 fully saturated rings. The minimum absolute atomic E-state index is 0.0498. The van der Waals surface area contributed by atoms with Gasteiger partial charge < -0.3 is 9.47 Å². The Bertz CT molecular complexity index is 1320. The van der Waals surface area contributed by atoms with E-state index in [4.69, 9.17) is 9.47 Å². The number of aromatic amines is 1. The van der Waals surface area contributed by atoms with Gasteiger partial charge in [-0.25, -0.2) is 19.8 Å². The second-order valence-corrected chi connectivity index (χ2v) is 9.65. The molecule has 0 amide bonds. The summed E-state index contributed by atoms with van der Waals surface area (Å²) in [5, 5.41) is 2.12. The molecule has 2 aromatic heterocycles. The molecule has 1 aliphatic heterocycles. The van der Waals surface area contributed by atoms with E-state index in [1.807, 2.05) is 32.0 Å². The maximum Gasteiger partial charge on any atom is 0.345 e. The van der Waals surface area contributed by atoms with Gasteiger partial charge in [0.25, 0.3) is 5.56 Å². The van der Waals surface area contributed by atoms with Crippen LogP contribution < -0.4 is 16.0 Å². The van der Waals surface area contributed by atoms with E-state index in [2.05, 4.69) is 20.4 Å². The number of carbonyl (C=O) groups excluding carboxylic acids is 2. The van der Waals surface area contributed by atoms with E-state index in [0.717, 1.165) is 22.2 Å². The molecule has 2 N–H and O–H groups in total. The highest BCUT2D eigenvalue weighted by Crippen LogP contribution is 2.42. The molecule has 1 atom stereocenters. The number of ether oxygens (including phenoxy) is 2. The Morgan fingerprint density at radius 1 is 1.18 bits per heavy atom. The summed E-state index contributed by atoms with van der Waals surface area (Å²) in [5.41, 5.74) is 4.14. The highest BCUT2D eigenvalue weighted by Gasteiger charge is 2.56. The number of fused-ring (bicyclic) bond motifs is 1. The number of aryl methyl sites for hydroxylation is 2. The molecule has 1 saturated heterocycles. The summed E-state index contributed by atoms with van der Waals surface area (Å²) in [6.07, 6.45) is -0.383. The van der Waals surface area contributed by atoms with Gasteiger partial charge in [0.05, 0.1) is 31.7 Å². The first kappa shape index (κ1) is 22.8. The molecule has 0 radical (unpaired) electrons. The summed E-state index contributed by atoms with van der Waals surface area (Å²) < 4.78 is 9.89. The molecule has 0 spiro atoms. The van der Waals surface area contributed by atoms with Crippen LogP contribution in [0.3, 0.4) is 0 Å². The molecule has 10 nitrogen and oxygen atoms in total. The zero-order valence-corrected chi connectivity index (χ0v) is 19.9. The normalized spacial score (nSPS) is 19.0. The molecule has 33 heavy (non-hydrogen) atoms. The number of rotatable bonds is 5. The third-order valence-electron chi connectivity index (χ3n) is 5.18. The van der Waals surface area contributed by atoms with Crippen LogP contribution in [0.4, 0.5) is 11.6 Å². The highest BCUT2D eigenvalue weighted by molar-refractivity contribution is 8.16. The molecule has 12 heteroatoms. The van der Waals surface area contributed by atoms with Crippen molar-refractivity contribution in [3.8, 4) is 0 Å². The number of aliphatic imine (C=N–C) groups is 1. The van der Waals surface area contributed by atoms with E-state index < -0.39 is 16.8 Å². The van der Waals surface area contributed by atoms with Crippen molar-refractivity contribution in [1.29, 1.82) is 0 Å². The molecular formula is C21H21N5O5S2. The zero-order valence-electron chi connectivity index (χ0n) is 18.3. The summed E-state index contributed by atoms with van der Waals surface area (Å²) >= 11 is 2.35. The molecule has 0 bridgehead atoms. The summed E-state index contributed by atoms with van der Waals surface area (Å²) in [6.45, 7) is 3.76. The van der Waals surface area contributed by atoms with Gasteiger partial charge in [-0.3, -0.25) is 20.0 Å². The number of amidine groups is 1.